The topological polar surface area (TPSA) is 87.3 Å². The summed E-state index contributed by atoms with van der Waals surface area (Å²) in [4.78, 5) is 36.5. The van der Waals surface area contributed by atoms with Crippen LogP contribution in [0, 0.1) is 11.6 Å². The Kier molecular flexibility index (Phi) is 6.92. The lowest BCUT2D eigenvalue weighted by atomic mass is 10.0. The van der Waals surface area contributed by atoms with E-state index < -0.39 is 29.5 Å². The number of hydrogen-bond acceptors (Lipinski definition) is 3. The van der Waals surface area contributed by atoms with Gasteiger partial charge in [0.25, 0.3) is 0 Å². The molecule has 1 unspecified atom stereocenters. The Labute approximate surface area is 177 Å². The van der Waals surface area contributed by atoms with Crippen LogP contribution in [0.2, 0.25) is 0 Å². The van der Waals surface area contributed by atoms with Crippen molar-refractivity contribution >= 4 is 34.2 Å². The van der Waals surface area contributed by atoms with Gasteiger partial charge in [0.15, 0.2) is 11.6 Å². The van der Waals surface area contributed by atoms with Gasteiger partial charge in [0.2, 0.25) is 17.7 Å². The third-order valence-electron chi connectivity index (χ3n) is 4.63. The van der Waals surface area contributed by atoms with Gasteiger partial charge in [-0.05, 0) is 35.4 Å². The summed E-state index contributed by atoms with van der Waals surface area (Å²) in [5.74, 6) is -3.62. The molecule has 3 rings (SSSR count). The Bertz CT molecular complexity index is 1130. The van der Waals surface area contributed by atoms with Crippen LogP contribution >= 0.6 is 0 Å². The maximum atomic E-state index is 13.2. The van der Waals surface area contributed by atoms with Crippen LogP contribution < -0.4 is 16.0 Å². The van der Waals surface area contributed by atoms with E-state index in [1.54, 1.807) is 0 Å². The van der Waals surface area contributed by atoms with Crippen LogP contribution in [0.3, 0.4) is 0 Å². The molecule has 0 aliphatic carbocycles. The minimum atomic E-state index is -1.09. The van der Waals surface area contributed by atoms with Crippen LogP contribution in [0.1, 0.15) is 12.5 Å². The standard InChI is InChI=1S/C23H21F2N3O3/c1-14(23(31)26-13-22(30)28-17-9-10-19(24)20(25)12-17)27-21(29)11-16-7-4-6-15-5-2-3-8-18(15)16/h2-10,12,14H,11,13H2,1H3,(H,26,31)(H,27,29)(H,28,30). The second-order valence-electron chi connectivity index (χ2n) is 7.00. The number of anilines is 1. The third kappa shape index (κ3) is 5.85. The second-order valence-corrected chi connectivity index (χ2v) is 7.00. The molecule has 0 aliphatic heterocycles. The molecule has 3 N–H and O–H groups in total. The molecule has 160 valence electrons. The molecule has 0 aliphatic rings. The fourth-order valence-corrected chi connectivity index (χ4v) is 3.08. The first-order chi connectivity index (χ1) is 14.8. The van der Waals surface area contributed by atoms with Crippen molar-refractivity contribution in [1.29, 1.82) is 0 Å². The monoisotopic (exact) mass is 425 g/mol. The first-order valence-corrected chi connectivity index (χ1v) is 9.62. The molecule has 0 radical (unpaired) electrons. The van der Waals surface area contributed by atoms with E-state index in [1.807, 2.05) is 42.5 Å². The zero-order chi connectivity index (χ0) is 22.4. The molecule has 3 amide bonds. The predicted molar refractivity (Wildman–Crippen MR) is 113 cm³/mol. The third-order valence-corrected chi connectivity index (χ3v) is 4.63. The summed E-state index contributed by atoms with van der Waals surface area (Å²) in [5, 5.41) is 9.33. The van der Waals surface area contributed by atoms with Gasteiger partial charge in [-0.15, -0.1) is 0 Å². The molecule has 0 saturated carbocycles. The van der Waals surface area contributed by atoms with Gasteiger partial charge in [-0.2, -0.15) is 0 Å². The van der Waals surface area contributed by atoms with Gasteiger partial charge in [-0.1, -0.05) is 42.5 Å². The zero-order valence-corrected chi connectivity index (χ0v) is 16.7. The molecule has 1 atom stereocenters. The summed E-state index contributed by atoms with van der Waals surface area (Å²) in [6.07, 6.45) is 0.107. The van der Waals surface area contributed by atoms with Gasteiger partial charge in [0, 0.05) is 11.8 Å². The van der Waals surface area contributed by atoms with Gasteiger partial charge in [-0.25, -0.2) is 8.78 Å². The fourth-order valence-electron chi connectivity index (χ4n) is 3.08. The van der Waals surface area contributed by atoms with E-state index in [9.17, 15) is 23.2 Å². The molecule has 0 saturated heterocycles. The van der Waals surface area contributed by atoms with E-state index in [2.05, 4.69) is 16.0 Å². The van der Waals surface area contributed by atoms with Crippen LogP contribution in [0.4, 0.5) is 14.5 Å². The second kappa shape index (κ2) is 9.80. The predicted octanol–water partition coefficient (Wildman–Crippen LogP) is 2.92. The summed E-state index contributed by atoms with van der Waals surface area (Å²) < 4.78 is 26.1. The van der Waals surface area contributed by atoms with Crippen LogP contribution in [-0.2, 0) is 20.8 Å². The van der Waals surface area contributed by atoms with Crippen molar-refractivity contribution in [1.82, 2.24) is 10.6 Å². The van der Waals surface area contributed by atoms with E-state index >= 15 is 0 Å². The summed E-state index contributed by atoms with van der Waals surface area (Å²) in [7, 11) is 0. The Morgan fingerprint density at radius 3 is 2.42 bits per heavy atom. The van der Waals surface area contributed by atoms with E-state index in [0.29, 0.717) is 0 Å². The van der Waals surface area contributed by atoms with Gasteiger partial charge in [0.1, 0.15) is 6.04 Å². The Morgan fingerprint density at radius 1 is 0.903 bits per heavy atom. The molecule has 6 nitrogen and oxygen atoms in total. The van der Waals surface area contributed by atoms with Crippen molar-refractivity contribution in [2.45, 2.75) is 19.4 Å². The highest BCUT2D eigenvalue weighted by Crippen LogP contribution is 2.19. The number of rotatable bonds is 7. The number of amides is 3. The molecule has 0 heterocycles. The van der Waals surface area contributed by atoms with Crippen LogP contribution in [0.25, 0.3) is 10.8 Å². The summed E-state index contributed by atoms with van der Waals surface area (Å²) in [6.45, 7) is 1.12. The molecule has 0 bridgehead atoms. The summed E-state index contributed by atoms with van der Waals surface area (Å²) in [5.41, 5.74) is 0.906. The number of carbonyl (C=O) groups excluding carboxylic acids is 3. The summed E-state index contributed by atoms with van der Waals surface area (Å²) >= 11 is 0. The Balaban J connectivity index is 1.48. The number of benzene rings is 3. The minimum Gasteiger partial charge on any atom is -0.345 e. The highest BCUT2D eigenvalue weighted by molar-refractivity contribution is 5.96. The fraction of sp³-hybridized carbons (Fsp3) is 0.174. The van der Waals surface area contributed by atoms with Gasteiger partial charge in [-0.3, -0.25) is 14.4 Å². The van der Waals surface area contributed by atoms with Crippen molar-refractivity contribution in [3.05, 3.63) is 77.9 Å². The van der Waals surface area contributed by atoms with Crippen molar-refractivity contribution in [3.63, 3.8) is 0 Å². The van der Waals surface area contributed by atoms with E-state index in [-0.39, 0.29) is 24.6 Å². The lowest BCUT2D eigenvalue weighted by Crippen LogP contribution is -2.47. The zero-order valence-electron chi connectivity index (χ0n) is 16.7. The molecule has 0 spiro atoms. The number of nitrogens with one attached hydrogen (secondary N) is 3. The van der Waals surface area contributed by atoms with Crippen molar-refractivity contribution in [3.8, 4) is 0 Å². The molecule has 0 aromatic heterocycles. The average Bonchev–Trinajstić information content (AvgIpc) is 2.75. The van der Waals surface area contributed by atoms with Gasteiger partial charge >= 0.3 is 0 Å². The SMILES string of the molecule is CC(NC(=O)Cc1cccc2ccccc12)C(=O)NCC(=O)Nc1ccc(F)c(F)c1. The molecule has 8 heteroatoms. The lowest BCUT2D eigenvalue weighted by Gasteiger charge is -2.15. The van der Waals surface area contributed by atoms with Crippen molar-refractivity contribution < 1.29 is 23.2 Å². The smallest absolute Gasteiger partial charge is 0.243 e. The number of halogens is 2. The maximum Gasteiger partial charge on any atom is 0.243 e. The number of carbonyl (C=O) groups is 3. The van der Waals surface area contributed by atoms with Crippen LogP contribution in [0.5, 0.6) is 0 Å². The Hall–Kier alpha value is -3.81. The highest BCUT2D eigenvalue weighted by atomic mass is 19.2. The molecule has 0 fully saturated rings. The number of fused-ring (bicyclic) bond motifs is 1. The van der Waals surface area contributed by atoms with Gasteiger partial charge in [0.05, 0.1) is 13.0 Å². The molecular weight excluding hydrogens is 404 g/mol. The average molecular weight is 425 g/mol. The normalized spacial score (nSPS) is 11.6. The van der Waals surface area contributed by atoms with Crippen LogP contribution in [0.15, 0.2) is 60.7 Å². The van der Waals surface area contributed by atoms with E-state index in [1.165, 1.54) is 13.0 Å². The molecule has 31 heavy (non-hydrogen) atoms. The molecule has 3 aromatic rings. The largest absolute Gasteiger partial charge is 0.345 e. The Morgan fingerprint density at radius 2 is 1.65 bits per heavy atom. The quantitative estimate of drug-likeness (QED) is 0.544. The van der Waals surface area contributed by atoms with E-state index in [0.717, 1.165) is 28.5 Å². The number of hydrogen-bond donors (Lipinski definition) is 3. The lowest BCUT2D eigenvalue weighted by molar-refractivity contribution is -0.129. The molecular formula is C23H21F2N3O3. The highest BCUT2D eigenvalue weighted by Gasteiger charge is 2.17. The minimum absolute atomic E-state index is 0.0644. The maximum absolute atomic E-state index is 13.2. The van der Waals surface area contributed by atoms with Crippen molar-refractivity contribution in [2.75, 3.05) is 11.9 Å². The van der Waals surface area contributed by atoms with E-state index in [4.69, 9.17) is 0 Å². The first-order valence-electron chi connectivity index (χ1n) is 9.62. The van der Waals surface area contributed by atoms with Crippen LogP contribution in [-0.4, -0.2) is 30.3 Å². The van der Waals surface area contributed by atoms with Gasteiger partial charge < -0.3 is 16.0 Å². The molecule has 3 aromatic carbocycles. The first kappa shape index (κ1) is 21.9. The van der Waals surface area contributed by atoms with Crippen molar-refractivity contribution in [2.24, 2.45) is 0 Å². The summed E-state index contributed by atoms with van der Waals surface area (Å²) in [6, 6.07) is 15.4.